The highest BCUT2D eigenvalue weighted by atomic mass is 16.6. The van der Waals surface area contributed by atoms with Crippen molar-refractivity contribution in [2.75, 3.05) is 13.1 Å². The highest BCUT2D eigenvalue weighted by Gasteiger charge is 2.35. The quantitative estimate of drug-likeness (QED) is 0.118. The van der Waals surface area contributed by atoms with Gasteiger partial charge in [-0.1, -0.05) is 112 Å². The summed E-state index contributed by atoms with van der Waals surface area (Å²) in [5, 5.41) is 0. The summed E-state index contributed by atoms with van der Waals surface area (Å²) in [4.78, 5) is 28.3. The summed E-state index contributed by atoms with van der Waals surface area (Å²) in [5.41, 5.74) is 2.11. The molecular weight excluding hydrogens is 510 g/mol. The molecule has 0 radical (unpaired) electrons. The highest BCUT2D eigenvalue weighted by molar-refractivity contribution is 5.79. The molecular formula is C36H47NO4. The Morgan fingerprint density at radius 3 is 2.07 bits per heavy atom. The molecule has 5 heteroatoms. The zero-order valence-electron chi connectivity index (χ0n) is 25.1. The van der Waals surface area contributed by atoms with Gasteiger partial charge in [0.15, 0.2) is 0 Å². The molecule has 3 aromatic carbocycles. The van der Waals surface area contributed by atoms with E-state index >= 15 is 0 Å². The first kappa shape index (κ1) is 31.9. The number of nitrogens with zero attached hydrogens (tertiary/aromatic N) is 1. The van der Waals surface area contributed by atoms with Crippen molar-refractivity contribution in [3.8, 4) is 5.75 Å². The SMILES string of the molecule is CCCCCCCN(CCc1cccc(OC(C)(CC)C(=O)OCc2ccccc2)c1)C(=O)CCc1ccccc1. The molecule has 3 rings (SSSR count). The first-order valence-electron chi connectivity index (χ1n) is 15.2. The van der Waals surface area contributed by atoms with Crippen LogP contribution in [0.4, 0.5) is 0 Å². The Morgan fingerprint density at radius 1 is 0.732 bits per heavy atom. The topological polar surface area (TPSA) is 55.8 Å². The van der Waals surface area contributed by atoms with E-state index in [0.29, 0.717) is 25.1 Å². The van der Waals surface area contributed by atoms with Gasteiger partial charge in [0.2, 0.25) is 11.5 Å². The van der Waals surface area contributed by atoms with Gasteiger partial charge in [-0.2, -0.15) is 0 Å². The molecule has 41 heavy (non-hydrogen) atoms. The van der Waals surface area contributed by atoms with Gasteiger partial charge in [-0.15, -0.1) is 0 Å². The fourth-order valence-corrected chi connectivity index (χ4v) is 4.74. The standard InChI is InChI=1S/C36H47NO4/c1-4-6-7-8-15-26-37(34(38)24-23-30-17-11-9-12-18-30)27-25-31-21-16-22-33(28-31)41-36(3,5-2)35(39)40-29-32-19-13-10-14-20-32/h9-14,16-22,28H,4-8,15,23-27,29H2,1-3H3. The monoisotopic (exact) mass is 557 g/mol. The number of hydrogen-bond acceptors (Lipinski definition) is 4. The van der Waals surface area contributed by atoms with Crippen LogP contribution in [0.3, 0.4) is 0 Å². The van der Waals surface area contributed by atoms with Crippen molar-refractivity contribution in [3.05, 3.63) is 102 Å². The number of carbonyl (C=O) groups is 2. The van der Waals surface area contributed by atoms with Crippen molar-refractivity contribution < 1.29 is 19.1 Å². The molecule has 3 aromatic rings. The zero-order chi connectivity index (χ0) is 29.3. The summed E-state index contributed by atoms with van der Waals surface area (Å²) in [5.74, 6) is 0.453. The highest BCUT2D eigenvalue weighted by Crippen LogP contribution is 2.25. The van der Waals surface area contributed by atoms with Crippen LogP contribution in [0.5, 0.6) is 5.75 Å². The van der Waals surface area contributed by atoms with E-state index in [4.69, 9.17) is 9.47 Å². The van der Waals surface area contributed by atoms with Crippen molar-refractivity contribution in [1.82, 2.24) is 4.90 Å². The fourth-order valence-electron chi connectivity index (χ4n) is 4.74. The van der Waals surface area contributed by atoms with E-state index in [1.165, 1.54) is 24.8 Å². The molecule has 0 N–H and O–H groups in total. The van der Waals surface area contributed by atoms with Crippen LogP contribution in [0.25, 0.3) is 0 Å². The molecule has 0 bridgehead atoms. The van der Waals surface area contributed by atoms with Crippen molar-refractivity contribution in [1.29, 1.82) is 0 Å². The van der Waals surface area contributed by atoms with Gasteiger partial charge in [0, 0.05) is 19.5 Å². The van der Waals surface area contributed by atoms with Crippen LogP contribution in [0.2, 0.25) is 0 Å². The second kappa shape index (κ2) is 17.3. The van der Waals surface area contributed by atoms with Crippen molar-refractivity contribution in [2.45, 2.75) is 90.8 Å². The molecule has 5 nitrogen and oxygen atoms in total. The summed E-state index contributed by atoms with van der Waals surface area (Å²) in [7, 11) is 0. The van der Waals surface area contributed by atoms with E-state index in [2.05, 4.69) is 25.1 Å². The fraction of sp³-hybridized carbons (Fsp3) is 0.444. The minimum atomic E-state index is -1.09. The third-order valence-electron chi connectivity index (χ3n) is 7.59. The lowest BCUT2D eigenvalue weighted by Gasteiger charge is -2.28. The van der Waals surface area contributed by atoms with Crippen LogP contribution < -0.4 is 4.74 Å². The number of esters is 1. The first-order chi connectivity index (χ1) is 19.9. The molecule has 0 saturated carbocycles. The Morgan fingerprint density at radius 2 is 1.39 bits per heavy atom. The maximum absolute atomic E-state index is 13.2. The first-order valence-corrected chi connectivity index (χ1v) is 15.2. The van der Waals surface area contributed by atoms with Gasteiger partial charge < -0.3 is 14.4 Å². The molecule has 1 atom stereocenters. The maximum Gasteiger partial charge on any atom is 0.350 e. The lowest BCUT2D eigenvalue weighted by Crippen LogP contribution is -2.42. The Bertz CT molecular complexity index is 1180. The molecule has 0 saturated heterocycles. The second-order valence-corrected chi connectivity index (χ2v) is 10.9. The lowest BCUT2D eigenvalue weighted by atomic mass is 10.0. The largest absolute Gasteiger partial charge is 0.476 e. The smallest absolute Gasteiger partial charge is 0.350 e. The molecule has 1 amide bonds. The van der Waals surface area contributed by atoms with Gasteiger partial charge in [-0.25, -0.2) is 4.79 Å². The Hall–Kier alpha value is -3.60. The van der Waals surface area contributed by atoms with Crippen LogP contribution in [0.15, 0.2) is 84.9 Å². The van der Waals surface area contributed by atoms with Gasteiger partial charge in [-0.3, -0.25) is 4.79 Å². The third kappa shape index (κ3) is 11.1. The van der Waals surface area contributed by atoms with E-state index in [0.717, 1.165) is 43.4 Å². The lowest BCUT2D eigenvalue weighted by molar-refractivity contribution is -0.162. The number of hydrogen-bond donors (Lipinski definition) is 0. The molecule has 0 heterocycles. The summed E-state index contributed by atoms with van der Waals surface area (Å²) in [6.07, 6.45) is 8.32. The predicted molar refractivity (Wildman–Crippen MR) is 166 cm³/mol. The molecule has 220 valence electrons. The molecule has 0 aliphatic rings. The molecule has 0 spiro atoms. The maximum atomic E-state index is 13.2. The van der Waals surface area contributed by atoms with Gasteiger partial charge >= 0.3 is 5.97 Å². The summed E-state index contributed by atoms with van der Waals surface area (Å²) < 4.78 is 11.8. The summed E-state index contributed by atoms with van der Waals surface area (Å²) in [6, 6.07) is 27.7. The third-order valence-corrected chi connectivity index (χ3v) is 7.59. The number of unbranched alkanes of at least 4 members (excludes halogenated alkanes) is 4. The van der Waals surface area contributed by atoms with Crippen LogP contribution in [-0.4, -0.2) is 35.5 Å². The van der Waals surface area contributed by atoms with E-state index in [1.807, 2.05) is 78.6 Å². The Kier molecular flexibility index (Phi) is 13.4. The van der Waals surface area contributed by atoms with Gasteiger partial charge in [0.25, 0.3) is 0 Å². The van der Waals surface area contributed by atoms with E-state index < -0.39 is 5.60 Å². The summed E-state index contributed by atoms with van der Waals surface area (Å²) >= 11 is 0. The molecule has 1 unspecified atom stereocenters. The Balaban J connectivity index is 1.59. The van der Waals surface area contributed by atoms with Crippen LogP contribution >= 0.6 is 0 Å². The average Bonchev–Trinajstić information content (AvgIpc) is 3.01. The number of rotatable bonds is 18. The molecule has 0 aliphatic heterocycles. The molecule has 0 fully saturated rings. The minimum Gasteiger partial charge on any atom is -0.476 e. The van der Waals surface area contributed by atoms with Crippen molar-refractivity contribution in [2.24, 2.45) is 0 Å². The van der Waals surface area contributed by atoms with Gasteiger partial charge in [0.1, 0.15) is 12.4 Å². The van der Waals surface area contributed by atoms with Gasteiger partial charge in [-0.05, 0) is 61.4 Å². The second-order valence-electron chi connectivity index (χ2n) is 10.9. The summed E-state index contributed by atoms with van der Waals surface area (Å²) in [6.45, 7) is 7.58. The van der Waals surface area contributed by atoms with Crippen LogP contribution in [-0.2, 0) is 33.8 Å². The van der Waals surface area contributed by atoms with E-state index in [1.54, 1.807) is 6.92 Å². The van der Waals surface area contributed by atoms with Crippen LogP contribution in [0, 0.1) is 0 Å². The molecule has 0 aliphatic carbocycles. The number of amides is 1. The van der Waals surface area contributed by atoms with Crippen molar-refractivity contribution in [3.63, 3.8) is 0 Å². The normalized spacial score (nSPS) is 12.4. The van der Waals surface area contributed by atoms with E-state index in [9.17, 15) is 9.59 Å². The van der Waals surface area contributed by atoms with Crippen LogP contribution in [0.1, 0.15) is 82.4 Å². The number of benzene rings is 3. The predicted octanol–water partition coefficient (Wildman–Crippen LogP) is 7.95. The number of aryl methyl sites for hydroxylation is 1. The number of carbonyl (C=O) groups excluding carboxylic acids is 2. The average molecular weight is 558 g/mol. The zero-order valence-corrected chi connectivity index (χ0v) is 25.1. The Labute approximate surface area is 246 Å². The van der Waals surface area contributed by atoms with Gasteiger partial charge in [0.05, 0.1) is 0 Å². The number of ether oxygens (including phenoxy) is 2. The minimum absolute atomic E-state index is 0.205. The van der Waals surface area contributed by atoms with E-state index in [-0.39, 0.29) is 18.5 Å². The molecule has 0 aromatic heterocycles. The van der Waals surface area contributed by atoms with Crippen molar-refractivity contribution >= 4 is 11.9 Å².